The Balaban J connectivity index is 0.00000200. The van der Waals surface area contributed by atoms with Crippen molar-refractivity contribution in [2.45, 2.75) is 33.6 Å². The molecule has 108 valence electrons. The second kappa shape index (κ2) is 7.91. The largest absolute Gasteiger partial charge is 0.261 e. The van der Waals surface area contributed by atoms with Gasteiger partial charge in [-0.25, -0.2) is 0 Å². The number of aromatic nitrogens is 2. The van der Waals surface area contributed by atoms with Gasteiger partial charge in [-0.1, -0.05) is 32.0 Å². The monoisotopic (exact) mass is 311 g/mol. The van der Waals surface area contributed by atoms with Gasteiger partial charge in [0, 0.05) is 28.9 Å². The van der Waals surface area contributed by atoms with E-state index < -0.39 is 0 Å². The first-order valence-electron chi connectivity index (χ1n) is 6.68. The summed E-state index contributed by atoms with van der Waals surface area (Å²) in [7, 11) is 0. The van der Waals surface area contributed by atoms with Gasteiger partial charge in [0.2, 0.25) is 0 Å². The summed E-state index contributed by atoms with van der Waals surface area (Å²) in [6, 6.07) is 6.39. The first-order valence-corrected chi connectivity index (χ1v) is 6.68. The topological polar surface area (TPSA) is 38.1 Å². The van der Waals surface area contributed by atoms with E-state index in [0.717, 1.165) is 29.9 Å². The second-order valence-corrected chi connectivity index (χ2v) is 4.42. The number of para-hydroxylation sites is 1. The van der Waals surface area contributed by atoms with Crippen LogP contribution in [0.1, 0.15) is 37.6 Å². The van der Waals surface area contributed by atoms with Crippen LogP contribution in [0.4, 0.5) is 5.69 Å². The van der Waals surface area contributed by atoms with Crippen molar-refractivity contribution < 1.29 is 16.5 Å². The minimum absolute atomic E-state index is 0. The van der Waals surface area contributed by atoms with Crippen molar-refractivity contribution in [3.63, 3.8) is 0 Å². The summed E-state index contributed by atoms with van der Waals surface area (Å²) in [5.41, 5.74) is 5.39. The fourth-order valence-electron chi connectivity index (χ4n) is 2.07. The number of hydrogen-bond acceptors (Lipinski definition) is 3. The normalized spacial score (nSPS) is 11.1. The van der Waals surface area contributed by atoms with Gasteiger partial charge in [0.05, 0.1) is 17.6 Å². The molecule has 0 unspecified atom stereocenters. The van der Waals surface area contributed by atoms with Crippen LogP contribution in [-0.2, 0) is 29.3 Å². The minimum Gasteiger partial charge on any atom is -0.261 e. The zero-order chi connectivity index (χ0) is 13.7. The summed E-state index contributed by atoms with van der Waals surface area (Å²) in [5, 5.41) is 0. The molecule has 1 aromatic heterocycles. The van der Waals surface area contributed by atoms with Crippen molar-refractivity contribution >= 4 is 11.4 Å². The Kier molecular flexibility index (Phi) is 6.53. The third kappa shape index (κ3) is 3.74. The molecule has 0 radical (unpaired) electrons. The van der Waals surface area contributed by atoms with Crippen molar-refractivity contribution in [1.82, 2.24) is 9.97 Å². The SMILES string of the molecule is CCc1cccc(CC)c1N=C(C)c1cnccn1.[Ni]. The second-order valence-electron chi connectivity index (χ2n) is 4.42. The van der Waals surface area contributed by atoms with Gasteiger partial charge in [0.1, 0.15) is 5.69 Å². The minimum atomic E-state index is 0. The van der Waals surface area contributed by atoms with E-state index in [1.54, 1.807) is 18.6 Å². The van der Waals surface area contributed by atoms with Gasteiger partial charge in [0.25, 0.3) is 0 Å². The smallest absolute Gasteiger partial charge is 0.102 e. The van der Waals surface area contributed by atoms with Gasteiger partial charge in [-0.3, -0.25) is 15.0 Å². The molecule has 0 N–H and O–H groups in total. The Morgan fingerprint density at radius 3 is 2.25 bits per heavy atom. The average Bonchev–Trinajstić information content (AvgIpc) is 2.48. The Morgan fingerprint density at radius 1 is 1.10 bits per heavy atom. The maximum Gasteiger partial charge on any atom is 0.102 e. The van der Waals surface area contributed by atoms with Crippen LogP contribution in [0.15, 0.2) is 41.8 Å². The maximum atomic E-state index is 4.78. The number of nitrogens with zero attached hydrogens (tertiary/aromatic N) is 3. The molecule has 0 saturated heterocycles. The summed E-state index contributed by atoms with van der Waals surface area (Å²) in [6.45, 7) is 6.30. The standard InChI is InChI=1S/C16H19N3.Ni/c1-4-13-7-6-8-14(5-2)16(13)19-12(3)15-11-17-9-10-18-15;/h6-11H,4-5H2,1-3H3;. The van der Waals surface area contributed by atoms with Crippen LogP contribution in [0.2, 0.25) is 0 Å². The summed E-state index contributed by atoms with van der Waals surface area (Å²) in [5.74, 6) is 0. The Labute approximate surface area is 130 Å². The van der Waals surface area contributed by atoms with Gasteiger partial charge in [-0.2, -0.15) is 0 Å². The molecular formula is C16H19N3Ni. The predicted molar refractivity (Wildman–Crippen MR) is 79.1 cm³/mol. The van der Waals surface area contributed by atoms with Gasteiger partial charge in [-0.15, -0.1) is 0 Å². The molecule has 4 heteroatoms. The average molecular weight is 312 g/mol. The van der Waals surface area contributed by atoms with Crippen LogP contribution in [0.3, 0.4) is 0 Å². The van der Waals surface area contributed by atoms with Crippen LogP contribution in [0.25, 0.3) is 0 Å². The summed E-state index contributed by atoms with van der Waals surface area (Å²) < 4.78 is 0. The van der Waals surface area contributed by atoms with Gasteiger partial charge >= 0.3 is 0 Å². The Morgan fingerprint density at radius 2 is 1.75 bits per heavy atom. The molecule has 0 aliphatic rings. The molecule has 2 rings (SSSR count). The van der Waals surface area contributed by atoms with Crippen LogP contribution < -0.4 is 0 Å². The van der Waals surface area contributed by atoms with Crippen molar-refractivity contribution in [1.29, 1.82) is 0 Å². The van der Waals surface area contributed by atoms with Crippen molar-refractivity contribution in [3.8, 4) is 0 Å². The molecule has 0 aliphatic heterocycles. The maximum absolute atomic E-state index is 4.78. The van der Waals surface area contributed by atoms with E-state index in [-0.39, 0.29) is 16.5 Å². The molecule has 0 bridgehead atoms. The molecular weight excluding hydrogens is 293 g/mol. The zero-order valence-electron chi connectivity index (χ0n) is 12.0. The summed E-state index contributed by atoms with van der Waals surface area (Å²) in [4.78, 5) is 13.2. The van der Waals surface area contributed by atoms with E-state index >= 15 is 0 Å². The number of hydrogen-bond donors (Lipinski definition) is 0. The van der Waals surface area contributed by atoms with E-state index in [1.807, 2.05) is 6.92 Å². The van der Waals surface area contributed by atoms with E-state index in [9.17, 15) is 0 Å². The molecule has 0 amide bonds. The molecule has 0 fully saturated rings. The molecule has 2 aromatic rings. The molecule has 20 heavy (non-hydrogen) atoms. The fourth-order valence-corrected chi connectivity index (χ4v) is 2.07. The quantitative estimate of drug-likeness (QED) is 0.637. The Hall–Kier alpha value is -1.54. The molecule has 3 nitrogen and oxygen atoms in total. The zero-order valence-corrected chi connectivity index (χ0v) is 13.0. The molecule has 0 aliphatic carbocycles. The molecule has 0 saturated carbocycles. The first-order chi connectivity index (χ1) is 9.26. The molecule has 1 aromatic carbocycles. The number of benzene rings is 1. The van der Waals surface area contributed by atoms with E-state index in [4.69, 9.17) is 4.99 Å². The Bertz CT molecular complexity index is 557. The predicted octanol–water partition coefficient (Wildman–Crippen LogP) is 3.74. The molecule has 0 spiro atoms. The number of aryl methyl sites for hydroxylation is 2. The van der Waals surface area contributed by atoms with Gasteiger partial charge in [-0.05, 0) is 30.9 Å². The summed E-state index contributed by atoms with van der Waals surface area (Å²) >= 11 is 0. The molecule has 1 heterocycles. The van der Waals surface area contributed by atoms with Crippen LogP contribution in [0.5, 0.6) is 0 Å². The van der Waals surface area contributed by atoms with E-state index in [0.29, 0.717) is 0 Å². The number of rotatable bonds is 4. The van der Waals surface area contributed by atoms with Crippen molar-refractivity contribution in [3.05, 3.63) is 53.6 Å². The fraction of sp³-hybridized carbons (Fsp3) is 0.312. The van der Waals surface area contributed by atoms with E-state index in [2.05, 4.69) is 42.0 Å². The molecule has 0 atom stereocenters. The first kappa shape index (κ1) is 16.5. The van der Waals surface area contributed by atoms with Crippen molar-refractivity contribution in [2.24, 2.45) is 4.99 Å². The van der Waals surface area contributed by atoms with Gasteiger partial charge < -0.3 is 0 Å². The van der Waals surface area contributed by atoms with Crippen LogP contribution >= 0.6 is 0 Å². The summed E-state index contributed by atoms with van der Waals surface area (Å²) in [6.07, 6.45) is 7.09. The number of aliphatic imine (C=N–C) groups is 1. The third-order valence-electron chi connectivity index (χ3n) is 3.18. The van der Waals surface area contributed by atoms with Crippen molar-refractivity contribution in [2.75, 3.05) is 0 Å². The van der Waals surface area contributed by atoms with Crippen LogP contribution in [-0.4, -0.2) is 15.7 Å². The van der Waals surface area contributed by atoms with Crippen LogP contribution in [0, 0.1) is 0 Å². The van der Waals surface area contributed by atoms with Gasteiger partial charge in [0.15, 0.2) is 0 Å². The third-order valence-corrected chi connectivity index (χ3v) is 3.18. The van der Waals surface area contributed by atoms with E-state index in [1.165, 1.54) is 11.1 Å².